The van der Waals surface area contributed by atoms with Gasteiger partial charge in [0.25, 0.3) is 0 Å². The molecule has 0 saturated heterocycles. The van der Waals surface area contributed by atoms with Crippen LogP contribution in [0.4, 0.5) is 5.69 Å². The molecule has 0 aliphatic heterocycles. The predicted octanol–water partition coefficient (Wildman–Crippen LogP) is 3.94. The summed E-state index contributed by atoms with van der Waals surface area (Å²) in [6.07, 6.45) is 5.27. The number of hydrogen-bond donors (Lipinski definition) is 2. The number of H-pyrrole nitrogens is 1. The van der Waals surface area contributed by atoms with Crippen molar-refractivity contribution in [2.24, 2.45) is 0 Å². The van der Waals surface area contributed by atoms with Gasteiger partial charge in [-0.05, 0) is 43.5 Å². The van der Waals surface area contributed by atoms with Crippen LogP contribution in [-0.4, -0.2) is 9.97 Å². The summed E-state index contributed by atoms with van der Waals surface area (Å²) in [6.45, 7) is 4.31. The molecule has 0 atom stereocenters. The molecular formula is C15H21N3S. The Morgan fingerprint density at radius 3 is 2.95 bits per heavy atom. The average molecular weight is 275 g/mol. The molecule has 0 spiro atoms. The fourth-order valence-corrected chi connectivity index (χ4v) is 3.02. The second kappa shape index (κ2) is 6.66. The molecule has 0 fully saturated rings. The van der Waals surface area contributed by atoms with Crippen LogP contribution in [0.5, 0.6) is 0 Å². The van der Waals surface area contributed by atoms with Gasteiger partial charge in [0, 0.05) is 22.0 Å². The van der Waals surface area contributed by atoms with Gasteiger partial charge in [-0.1, -0.05) is 13.3 Å². The second-order valence-electron chi connectivity index (χ2n) is 4.74. The van der Waals surface area contributed by atoms with E-state index in [-0.39, 0.29) is 0 Å². The number of nitrogens with two attached hydrogens (primary N) is 1. The van der Waals surface area contributed by atoms with Gasteiger partial charge in [-0.15, -0.1) is 11.8 Å². The summed E-state index contributed by atoms with van der Waals surface area (Å²) in [4.78, 5) is 8.96. The van der Waals surface area contributed by atoms with Crippen LogP contribution in [0.15, 0.2) is 29.4 Å². The van der Waals surface area contributed by atoms with Crippen LogP contribution >= 0.6 is 11.8 Å². The highest BCUT2D eigenvalue weighted by molar-refractivity contribution is 7.98. The lowest BCUT2D eigenvalue weighted by molar-refractivity contribution is 0.775. The minimum atomic E-state index is 0.826. The second-order valence-corrected chi connectivity index (χ2v) is 5.76. The van der Waals surface area contributed by atoms with Crippen molar-refractivity contribution >= 4 is 17.4 Å². The molecule has 0 aliphatic carbocycles. The van der Waals surface area contributed by atoms with Crippen LogP contribution in [0.3, 0.4) is 0 Å². The number of thioether (sulfide) groups is 1. The first-order valence-corrected chi connectivity index (χ1v) is 7.69. The van der Waals surface area contributed by atoms with Gasteiger partial charge < -0.3 is 10.7 Å². The number of rotatable bonds is 6. The zero-order valence-electron chi connectivity index (χ0n) is 11.6. The molecule has 0 unspecified atom stereocenters. The third-order valence-corrected chi connectivity index (χ3v) is 4.35. The van der Waals surface area contributed by atoms with Crippen molar-refractivity contribution in [3.8, 4) is 0 Å². The number of aromatic nitrogens is 2. The van der Waals surface area contributed by atoms with Gasteiger partial charge in [0.1, 0.15) is 0 Å². The molecular weight excluding hydrogens is 254 g/mol. The van der Waals surface area contributed by atoms with E-state index in [0.29, 0.717) is 0 Å². The molecule has 4 heteroatoms. The number of imidazole rings is 1. The van der Waals surface area contributed by atoms with Gasteiger partial charge >= 0.3 is 0 Å². The Kier molecular flexibility index (Phi) is 4.91. The van der Waals surface area contributed by atoms with E-state index in [1.807, 2.05) is 23.9 Å². The van der Waals surface area contributed by atoms with Crippen molar-refractivity contribution in [3.63, 3.8) is 0 Å². The van der Waals surface area contributed by atoms with E-state index in [4.69, 9.17) is 5.73 Å². The Balaban J connectivity index is 2.00. The summed E-state index contributed by atoms with van der Waals surface area (Å²) in [5.41, 5.74) is 10.3. The summed E-state index contributed by atoms with van der Waals surface area (Å²) >= 11 is 1.83. The number of hydrogen-bond acceptors (Lipinski definition) is 3. The molecule has 0 amide bonds. The van der Waals surface area contributed by atoms with E-state index in [0.717, 1.165) is 17.9 Å². The molecule has 0 bridgehead atoms. The van der Waals surface area contributed by atoms with Crippen molar-refractivity contribution < 1.29 is 0 Å². The first kappa shape index (κ1) is 14.0. The van der Waals surface area contributed by atoms with Crippen LogP contribution < -0.4 is 5.73 Å². The topological polar surface area (TPSA) is 54.7 Å². The highest BCUT2D eigenvalue weighted by Gasteiger charge is 2.07. The van der Waals surface area contributed by atoms with Gasteiger partial charge in [-0.2, -0.15) is 0 Å². The van der Waals surface area contributed by atoms with Gasteiger partial charge in [0.2, 0.25) is 0 Å². The number of nitrogen functional groups attached to an aromatic ring is 1. The van der Waals surface area contributed by atoms with Gasteiger partial charge in [-0.3, -0.25) is 0 Å². The third-order valence-electron chi connectivity index (χ3n) is 3.15. The number of aryl methyl sites for hydroxylation is 2. The maximum absolute atomic E-state index is 5.77. The summed E-state index contributed by atoms with van der Waals surface area (Å²) in [5.74, 6) is 0.934. The summed E-state index contributed by atoms with van der Waals surface area (Å²) in [7, 11) is 0. The average Bonchev–Trinajstić information content (AvgIpc) is 2.83. The monoisotopic (exact) mass is 275 g/mol. The Morgan fingerprint density at radius 1 is 1.37 bits per heavy atom. The summed E-state index contributed by atoms with van der Waals surface area (Å²) in [5, 5.41) is 0. The molecule has 1 heterocycles. The molecule has 102 valence electrons. The molecule has 1 aromatic carbocycles. The largest absolute Gasteiger partial charge is 0.399 e. The van der Waals surface area contributed by atoms with Crippen LogP contribution in [0.2, 0.25) is 0 Å². The quantitative estimate of drug-likeness (QED) is 0.620. The highest BCUT2D eigenvalue weighted by Crippen LogP contribution is 2.27. The Labute approximate surface area is 119 Å². The lowest BCUT2D eigenvalue weighted by atomic mass is 10.2. The van der Waals surface area contributed by atoms with Gasteiger partial charge in [-0.25, -0.2) is 4.98 Å². The highest BCUT2D eigenvalue weighted by atomic mass is 32.2. The zero-order chi connectivity index (χ0) is 13.7. The van der Waals surface area contributed by atoms with Crippen molar-refractivity contribution in [1.82, 2.24) is 9.97 Å². The SMILES string of the molecule is CCCCc1nc[nH]c1CSc1ccc(N)cc1C. The maximum Gasteiger partial charge on any atom is 0.0925 e. The molecule has 0 radical (unpaired) electrons. The fourth-order valence-electron chi connectivity index (χ4n) is 2.02. The van der Waals surface area contributed by atoms with Crippen LogP contribution in [0.25, 0.3) is 0 Å². The number of benzene rings is 1. The van der Waals surface area contributed by atoms with Crippen LogP contribution in [-0.2, 0) is 12.2 Å². The first-order valence-electron chi connectivity index (χ1n) is 6.70. The van der Waals surface area contributed by atoms with Crippen molar-refractivity contribution in [1.29, 1.82) is 0 Å². The van der Waals surface area contributed by atoms with E-state index in [9.17, 15) is 0 Å². The molecule has 3 N–H and O–H groups in total. The Morgan fingerprint density at radius 2 is 2.21 bits per heavy atom. The summed E-state index contributed by atoms with van der Waals surface area (Å²) in [6, 6.07) is 6.07. The number of nitrogens with zero attached hydrogens (tertiary/aromatic N) is 1. The number of unbranched alkanes of at least 4 members (excludes halogenated alkanes) is 1. The Bertz CT molecular complexity index is 534. The van der Waals surface area contributed by atoms with Crippen molar-refractivity contribution in [3.05, 3.63) is 41.5 Å². The molecule has 3 nitrogen and oxygen atoms in total. The minimum absolute atomic E-state index is 0.826. The lowest BCUT2D eigenvalue weighted by Gasteiger charge is -2.07. The first-order chi connectivity index (χ1) is 9.20. The Hall–Kier alpha value is -1.42. The smallest absolute Gasteiger partial charge is 0.0925 e. The maximum atomic E-state index is 5.77. The zero-order valence-corrected chi connectivity index (χ0v) is 12.4. The van der Waals surface area contributed by atoms with E-state index in [1.165, 1.54) is 34.7 Å². The lowest BCUT2D eigenvalue weighted by Crippen LogP contribution is -1.93. The predicted molar refractivity (Wildman–Crippen MR) is 82.4 cm³/mol. The normalized spacial score (nSPS) is 10.8. The molecule has 1 aromatic heterocycles. The standard InChI is InChI=1S/C15H21N3S/c1-3-4-5-13-14(18-10-17-13)9-19-15-7-6-12(16)8-11(15)2/h6-8,10H,3-5,9,16H2,1-2H3,(H,17,18). The van der Waals surface area contributed by atoms with Crippen molar-refractivity contribution in [2.75, 3.05) is 5.73 Å². The van der Waals surface area contributed by atoms with Crippen LogP contribution in [0.1, 0.15) is 36.7 Å². The number of anilines is 1. The fraction of sp³-hybridized carbons (Fsp3) is 0.400. The molecule has 0 saturated carbocycles. The molecule has 19 heavy (non-hydrogen) atoms. The van der Waals surface area contributed by atoms with E-state index >= 15 is 0 Å². The van der Waals surface area contributed by atoms with Gasteiger partial charge in [0.05, 0.1) is 12.0 Å². The number of aromatic amines is 1. The van der Waals surface area contributed by atoms with Gasteiger partial charge in [0.15, 0.2) is 0 Å². The van der Waals surface area contributed by atoms with Crippen LogP contribution in [0, 0.1) is 6.92 Å². The number of nitrogens with one attached hydrogen (secondary N) is 1. The van der Waals surface area contributed by atoms with Crippen molar-refractivity contribution in [2.45, 2.75) is 43.8 Å². The minimum Gasteiger partial charge on any atom is -0.399 e. The van der Waals surface area contributed by atoms with E-state index < -0.39 is 0 Å². The summed E-state index contributed by atoms with van der Waals surface area (Å²) < 4.78 is 0. The molecule has 0 aliphatic rings. The molecule has 2 aromatic rings. The van der Waals surface area contributed by atoms with E-state index in [2.05, 4.69) is 29.9 Å². The molecule has 2 rings (SSSR count). The van der Waals surface area contributed by atoms with E-state index in [1.54, 1.807) is 6.33 Å². The third kappa shape index (κ3) is 3.77.